The van der Waals surface area contributed by atoms with E-state index >= 15 is 0 Å². The van der Waals surface area contributed by atoms with E-state index in [1.807, 2.05) is 59.9 Å². The summed E-state index contributed by atoms with van der Waals surface area (Å²) in [6.45, 7) is 3.85. The van der Waals surface area contributed by atoms with Crippen molar-refractivity contribution in [2.24, 2.45) is 0 Å². The van der Waals surface area contributed by atoms with Gasteiger partial charge >= 0.3 is 0 Å². The molecule has 4 heterocycles. The number of thiophene rings is 1. The van der Waals surface area contributed by atoms with Gasteiger partial charge in [0.2, 0.25) is 0 Å². The summed E-state index contributed by atoms with van der Waals surface area (Å²) in [5.74, 6) is 1.86. The molecule has 13 aromatic rings. The third-order valence-electron chi connectivity index (χ3n) is 13.2. The molecule has 0 radical (unpaired) electrons. The normalized spacial score (nSPS) is 12.0. The molecule has 13 rings (SSSR count). The van der Waals surface area contributed by atoms with Crippen molar-refractivity contribution >= 4 is 81.3 Å². The van der Waals surface area contributed by atoms with Crippen molar-refractivity contribution in [1.82, 2.24) is 24.1 Å². The van der Waals surface area contributed by atoms with Crippen LogP contribution in [0.1, 0.15) is 0 Å². The Balaban J connectivity index is 1.11. The summed E-state index contributed by atoms with van der Waals surface area (Å²) in [6, 6.07) is 73.3. The van der Waals surface area contributed by atoms with Crippen LogP contribution in [-0.2, 0) is 0 Å². The van der Waals surface area contributed by atoms with Crippen LogP contribution in [0.5, 0.6) is 0 Å². The summed E-state index contributed by atoms with van der Waals surface area (Å²) in [6.07, 6.45) is 10.0. The average molecular weight is 900 g/mol. The molecule has 4 aromatic heterocycles. The number of benzene rings is 9. The number of allylic oxidation sites excluding steroid dienone is 4. The average Bonchev–Trinajstić information content (AvgIpc) is 4.08. The van der Waals surface area contributed by atoms with Crippen LogP contribution < -0.4 is 0 Å². The monoisotopic (exact) mass is 899 g/mol. The van der Waals surface area contributed by atoms with Crippen LogP contribution in [0.2, 0.25) is 0 Å². The summed E-state index contributed by atoms with van der Waals surface area (Å²) >= 11 is 1.90. The molecule has 5 nitrogen and oxygen atoms in total. The van der Waals surface area contributed by atoms with Gasteiger partial charge in [0.1, 0.15) is 0 Å². The zero-order valence-electron chi connectivity index (χ0n) is 37.4. The maximum atomic E-state index is 5.24. The summed E-state index contributed by atoms with van der Waals surface area (Å²) in [4.78, 5) is 15.5. The molecular weight excluding hydrogens is 859 g/mol. The van der Waals surface area contributed by atoms with Gasteiger partial charge in [0, 0.05) is 75.7 Å². The third-order valence-corrected chi connectivity index (χ3v) is 14.4. The van der Waals surface area contributed by atoms with Gasteiger partial charge in [-0.05, 0) is 53.6 Å². The number of rotatable bonds is 9. The molecule has 0 aliphatic carbocycles. The second kappa shape index (κ2) is 16.7. The molecule has 0 spiro atoms. The second-order valence-corrected chi connectivity index (χ2v) is 18.2. The number of aromatic nitrogens is 5. The largest absolute Gasteiger partial charge is 0.316 e. The van der Waals surface area contributed by atoms with E-state index < -0.39 is 0 Å². The molecule has 0 bridgehead atoms. The lowest BCUT2D eigenvalue weighted by Gasteiger charge is -2.21. The quantitative estimate of drug-likeness (QED) is 0.136. The van der Waals surface area contributed by atoms with E-state index in [0.717, 1.165) is 55.7 Å². The van der Waals surface area contributed by atoms with Crippen LogP contribution in [0.25, 0.3) is 132 Å². The van der Waals surface area contributed by atoms with Gasteiger partial charge < -0.3 is 9.13 Å². The van der Waals surface area contributed by atoms with Crippen molar-refractivity contribution in [2.75, 3.05) is 0 Å². The Morgan fingerprint density at radius 3 is 1.38 bits per heavy atom. The zero-order valence-corrected chi connectivity index (χ0v) is 38.2. The molecule has 0 atom stereocenters. The summed E-state index contributed by atoms with van der Waals surface area (Å²) in [5.41, 5.74) is 12.8. The number of fused-ring (bicyclic) bond motifs is 11. The van der Waals surface area contributed by atoms with Crippen molar-refractivity contribution in [2.45, 2.75) is 0 Å². The van der Waals surface area contributed by atoms with Gasteiger partial charge in [0.15, 0.2) is 17.5 Å². The van der Waals surface area contributed by atoms with Gasteiger partial charge in [0.05, 0.1) is 27.8 Å². The molecule has 9 aromatic carbocycles. The first kappa shape index (κ1) is 40.3. The molecule has 324 valence electrons. The van der Waals surface area contributed by atoms with Crippen LogP contribution in [0.3, 0.4) is 0 Å². The minimum absolute atomic E-state index is 0.606. The van der Waals surface area contributed by atoms with Gasteiger partial charge in [-0.3, -0.25) is 0 Å². The zero-order chi connectivity index (χ0) is 45.8. The number of para-hydroxylation sites is 2. The van der Waals surface area contributed by atoms with Crippen LogP contribution >= 0.6 is 11.3 Å². The first-order chi connectivity index (χ1) is 34.2. The highest BCUT2D eigenvalue weighted by Gasteiger charge is 2.25. The lowest BCUT2D eigenvalue weighted by Crippen LogP contribution is -2.04. The maximum absolute atomic E-state index is 5.24. The van der Waals surface area contributed by atoms with Gasteiger partial charge in [0.25, 0.3) is 0 Å². The molecule has 69 heavy (non-hydrogen) atoms. The molecule has 0 aliphatic rings. The molecule has 0 N–H and O–H groups in total. The maximum Gasteiger partial charge on any atom is 0.164 e. The SMILES string of the molecule is C=C/C=C\C=C\n1c2ccccc2c2c3sc4c(ccc5c4c4ccccc4n5-c4c(-c5ccccc5)cc(-c5nc(-c6ccccc6)nc(-c6ccccc6)n5)cc4-c4ccccc4)c3ccc21. The van der Waals surface area contributed by atoms with Gasteiger partial charge in [-0.25, -0.2) is 15.0 Å². The number of nitrogens with zero attached hydrogens (tertiary/aromatic N) is 5. The Hall–Kier alpha value is -8.97. The molecule has 0 amide bonds. The molecule has 0 saturated heterocycles. The van der Waals surface area contributed by atoms with E-state index in [1.165, 1.54) is 52.8 Å². The van der Waals surface area contributed by atoms with E-state index in [0.29, 0.717) is 17.5 Å². The number of hydrogen-bond donors (Lipinski definition) is 0. The van der Waals surface area contributed by atoms with Crippen LogP contribution in [-0.4, -0.2) is 24.1 Å². The van der Waals surface area contributed by atoms with E-state index in [4.69, 9.17) is 15.0 Å². The minimum atomic E-state index is 0.606. The molecular formula is C63H41N5S. The van der Waals surface area contributed by atoms with Crippen LogP contribution in [0.15, 0.2) is 237 Å². The summed E-state index contributed by atoms with van der Waals surface area (Å²) < 4.78 is 7.38. The molecule has 6 heteroatoms. The Labute approximate surface area is 402 Å². The highest BCUT2D eigenvalue weighted by Crippen LogP contribution is 2.49. The smallest absolute Gasteiger partial charge is 0.164 e. The fourth-order valence-corrected chi connectivity index (χ4v) is 11.5. The van der Waals surface area contributed by atoms with Crippen molar-refractivity contribution in [3.63, 3.8) is 0 Å². The van der Waals surface area contributed by atoms with Crippen molar-refractivity contribution < 1.29 is 0 Å². The van der Waals surface area contributed by atoms with Crippen molar-refractivity contribution in [3.05, 3.63) is 237 Å². The van der Waals surface area contributed by atoms with Gasteiger partial charge in [-0.1, -0.05) is 195 Å². The van der Waals surface area contributed by atoms with Crippen molar-refractivity contribution in [1.29, 1.82) is 0 Å². The molecule has 0 unspecified atom stereocenters. The van der Waals surface area contributed by atoms with E-state index in [1.54, 1.807) is 6.08 Å². The Kier molecular flexibility index (Phi) is 9.77. The standard InChI is InChI=1S/C63H41N5S/c1-2-3-4-21-38-67-52-32-19-17-30-48(52)56-54(67)36-34-46-47-35-37-55-57(60(47)69-59(46)56)49-31-18-20-33-53(49)68(55)58-50(41-22-9-5-10-23-41)39-45(40-51(58)42-24-11-6-12-25-42)63-65-61(43-26-13-7-14-27-43)64-62(66-63)44-28-15-8-16-29-44/h2-40H,1H2/b4-3-,38-21+. The van der Waals surface area contributed by atoms with Gasteiger partial charge in [-0.2, -0.15) is 0 Å². The summed E-state index contributed by atoms with van der Waals surface area (Å²) in [7, 11) is 0. The predicted molar refractivity (Wildman–Crippen MR) is 292 cm³/mol. The second-order valence-electron chi connectivity index (χ2n) is 17.2. The fraction of sp³-hybridized carbons (Fsp3) is 0. The first-order valence-corrected chi connectivity index (χ1v) is 24.0. The first-order valence-electron chi connectivity index (χ1n) is 23.1. The topological polar surface area (TPSA) is 48.5 Å². The predicted octanol–water partition coefficient (Wildman–Crippen LogP) is 17.0. The Morgan fingerprint density at radius 2 is 0.826 bits per heavy atom. The fourth-order valence-electron chi connectivity index (χ4n) is 10.1. The van der Waals surface area contributed by atoms with Crippen LogP contribution in [0, 0.1) is 0 Å². The van der Waals surface area contributed by atoms with E-state index in [-0.39, 0.29) is 0 Å². The molecule has 0 fully saturated rings. The lowest BCUT2D eigenvalue weighted by molar-refractivity contribution is 1.07. The Morgan fingerprint density at radius 1 is 0.377 bits per heavy atom. The van der Waals surface area contributed by atoms with Crippen LogP contribution in [0.4, 0.5) is 0 Å². The van der Waals surface area contributed by atoms with Crippen molar-refractivity contribution in [3.8, 4) is 62.1 Å². The molecule has 0 aliphatic heterocycles. The minimum Gasteiger partial charge on any atom is -0.316 e. The highest BCUT2D eigenvalue weighted by atomic mass is 32.1. The molecule has 0 saturated carbocycles. The van der Waals surface area contributed by atoms with E-state index in [9.17, 15) is 0 Å². The van der Waals surface area contributed by atoms with Gasteiger partial charge in [-0.15, -0.1) is 11.3 Å². The summed E-state index contributed by atoms with van der Waals surface area (Å²) in [5, 5.41) is 7.49. The lowest BCUT2D eigenvalue weighted by atomic mass is 9.92. The highest BCUT2D eigenvalue weighted by molar-refractivity contribution is 7.27. The Bertz CT molecular complexity index is 4060. The third kappa shape index (κ3) is 6.72. The van der Waals surface area contributed by atoms with E-state index in [2.05, 4.69) is 198 Å². The number of hydrogen-bond acceptors (Lipinski definition) is 4.